The van der Waals surface area contributed by atoms with Gasteiger partial charge in [0.05, 0.1) is 22.6 Å². The van der Waals surface area contributed by atoms with Crippen LogP contribution in [0.3, 0.4) is 0 Å². The van der Waals surface area contributed by atoms with Crippen molar-refractivity contribution in [2.24, 2.45) is 7.05 Å². The van der Waals surface area contributed by atoms with E-state index in [1.807, 2.05) is 60.9 Å². The van der Waals surface area contributed by atoms with Gasteiger partial charge in [0.1, 0.15) is 29.2 Å². The lowest BCUT2D eigenvalue weighted by Crippen LogP contribution is -2.22. The van der Waals surface area contributed by atoms with Gasteiger partial charge in [0.15, 0.2) is 5.82 Å². The lowest BCUT2D eigenvalue weighted by Gasteiger charge is -2.25. The third-order valence-electron chi connectivity index (χ3n) is 7.34. The van der Waals surface area contributed by atoms with Crippen LogP contribution in [-0.2, 0) is 11.8 Å². The van der Waals surface area contributed by atoms with E-state index in [1.54, 1.807) is 24.0 Å². The second-order valence-electron chi connectivity index (χ2n) is 10.2. The molecular formula is C30H30ClN7O2. The predicted molar refractivity (Wildman–Crippen MR) is 156 cm³/mol. The molecule has 1 fully saturated rings. The van der Waals surface area contributed by atoms with E-state index in [4.69, 9.17) is 21.3 Å². The van der Waals surface area contributed by atoms with E-state index in [0.29, 0.717) is 40.0 Å². The van der Waals surface area contributed by atoms with Crippen molar-refractivity contribution in [3.05, 3.63) is 87.6 Å². The van der Waals surface area contributed by atoms with Crippen LogP contribution in [0.5, 0.6) is 0 Å². The zero-order valence-electron chi connectivity index (χ0n) is 22.6. The van der Waals surface area contributed by atoms with Crippen LogP contribution in [-0.4, -0.2) is 35.9 Å². The van der Waals surface area contributed by atoms with Gasteiger partial charge in [-0.2, -0.15) is 0 Å². The highest BCUT2D eigenvalue weighted by Crippen LogP contribution is 2.34. The SMILES string of the molecule is Cc1cc([C@@H](C)Nc2ccc(Cl)nc2-c2nncn2C2CCCCO2)c2nc(-c3ccccc3)n(C)c(=O)c2c1. The fraction of sp³-hybridized carbons (Fsp3) is 0.300. The zero-order valence-corrected chi connectivity index (χ0v) is 23.4. The summed E-state index contributed by atoms with van der Waals surface area (Å²) in [5.41, 5.74) is 4.66. The van der Waals surface area contributed by atoms with Crippen molar-refractivity contribution in [2.75, 3.05) is 11.9 Å². The lowest BCUT2D eigenvalue weighted by atomic mass is 10.0. The van der Waals surface area contributed by atoms with Crippen LogP contribution in [0, 0.1) is 6.92 Å². The first-order valence-corrected chi connectivity index (χ1v) is 13.8. The van der Waals surface area contributed by atoms with Crippen LogP contribution < -0.4 is 10.9 Å². The van der Waals surface area contributed by atoms with E-state index >= 15 is 0 Å². The number of pyridine rings is 1. The Bertz CT molecular complexity index is 1740. The average molecular weight is 556 g/mol. The molecule has 9 nitrogen and oxygen atoms in total. The second-order valence-corrected chi connectivity index (χ2v) is 10.6. The maximum absolute atomic E-state index is 13.5. The molecule has 1 unspecified atom stereocenters. The van der Waals surface area contributed by atoms with E-state index in [0.717, 1.165) is 41.6 Å². The summed E-state index contributed by atoms with van der Waals surface area (Å²) >= 11 is 6.36. The standard InChI is InChI=1S/C30H30ClN7O2/c1-18-15-21(26-22(16-18)30(39)37(3)28(35-26)20-9-5-4-6-10-20)19(2)33-23-12-13-24(31)34-27(23)29-36-32-17-38(29)25-11-7-8-14-40-25/h4-6,9-10,12-13,15-17,19,25,33H,7-8,11,14H2,1-3H3/t19-,25?/m1/s1. The molecule has 0 aliphatic carbocycles. The quantitative estimate of drug-likeness (QED) is 0.253. The smallest absolute Gasteiger partial charge is 0.261 e. The number of benzene rings is 2. The fourth-order valence-electron chi connectivity index (χ4n) is 5.33. The molecule has 2 atom stereocenters. The molecule has 204 valence electrons. The number of aromatic nitrogens is 6. The lowest BCUT2D eigenvalue weighted by molar-refractivity contribution is -0.0312. The number of halogens is 1. The first-order valence-electron chi connectivity index (χ1n) is 13.4. The molecule has 4 heterocycles. The summed E-state index contributed by atoms with van der Waals surface area (Å²) < 4.78 is 9.53. The Kier molecular flexibility index (Phi) is 7.08. The molecule has 2 aromatic carbocycles. The summed E-state index contributed by atoms with van der Waals surface area (Å²) in [5, 5.41) is 13.1. The molecule has 1 saturated heterocycles. The highest BCUT2D eigenvalue weighted by atomic mass is 35.5. The largest absolute Gasteiger partial charge is 0.377 e. The maximum Gasteiger partial charge on any atom is 0.261 e. The minimum Gasteiger partial charge on any atom is -0.377 e. The molecule has 0 bridgehead atoms. The summed E-state index contributed by atoms with van der Waals surface area (Å²) in [7, 11) is 1.76. The van der Waals surface area contributed by atoms with Crippen LogP contribution in [0.15, 0.2) is 65.7 Å². The number of nitrogens with zero attached hydrogens (tertiary/aromatic N) is 6. The first-order chi connectivity index (χ1) is 19.4. The Morgan fingerprint density at radius 3 is 2.67 bits per heavy atom. The van der Waals surface area contributed by atoms with Crippen LogP contribution in [0.1, 0.15) is 49.6 Å². The molecule has 10 heteroatoms. The van der Waals surface area contributed by atoms with Crippen molar-refractivity contribution in [3.8, 4) is 22.9 Å². The van der Waals surface area contributed by atoms with Crippen LogP contribution >= 0.6 is 11.6 Å². The Morgan fingerprint density at radius 2 is 1.90 bits per heavy atom. The molecule has 0 radical (unpaired) electrons. The molecule has 40 heavy (non-hydrogen) atoms. The van der Waals surface area contributed by atoms with Gasteiger partial charge in [0, 0.05) is 24.8 Å². The summed E-state index contributed by atoms with van der Waals surface area (Å²) in [6, 6.07) is 17.1. The van der Waals surface area contributed by atoms with E-state index in [9.17, 15) is 4.79 Å². The Balaban J connectivity index is 1.43. The first kappa shape index (κ1) is 26.2. The fourth-order valence-corrected chi connectivity index (χ4v) is 5.47. The Morgan fingerprint density at radius 1 is 1.07 bits per heavy atom. The molecule has 3 aromatic heterocycles. The molecule has 1 aliphatic rings. The van der Waals surface area contributed by atoms with Gasteiger partial charge in [-0.3, -0.25) is 13.9 Å². The number of rotatable bonds is 6. The van der Waals surface area contributed by atoms with Gasteiger partial charge in [-0.1, -0.05) is 48.0 Å². The highest BCUT2D eigenvalue weighted by Gasteiger charge is 2.24. The van der Waals surface area contributed by atoms with Gasteiger partial charge in [-0.05, 0) is 56.9 Å². The summed E-state index contributed by atoms with van der Waals surface area (Å²) in [5.74, 6) is 1.20. The number of anilines is 1. The summed E-state index contributed by atoms with van der Waals surface area (Å²) in [4.78, 5) is 23.1. The van der Waals surface area contributed by atoms with Gasteiger partial charge in [0.25, 0.3) is 5.56 Å². The van der Waals surface area contributed by atoms with Gasteiger partial charge >= 0.3 is 0 Å². The van der Waals surface area contributed by atoms with E-state index in [2.05, 4.69) is 26.6 Å². The minimum absolute atomic E-state index is 0.0876. The average Bonchev–Trinajstić information content (AvgIpc) is 3.46. The number of fused-ring (bicyclic) bond motifs is 1. The van der Waals surface area contributed by atoms with Gasteiger partial charge in [-0.15, -0.1) is 10.2 Å². The van der Waals surface area contributed by atoms with Crippen molar-refractivity contribution in [1.29, 1.82) is 0 Å². The number of nitrogens with one attached hydrogen (secondary N) is 1. The molecule has 0 spiro atoms. The molecule has 6 rings (SSSR count). The predicted octanol–water partition coefficient (Wildman–Crippen LogP) is 6.09. The number of hydrogen-bond acceptors (Lipinski definition) is 7. The van der Waals surface area contributed by atoms with Crippen LogP contribution in [0.25, 0.3) is 33.8 Å². The van der Waals surface area contributed by atoms with Crippen molar-refractivity contribution < 1.29 is 4.74 Å². The molecule has 0 saturated carbocycles. The van der Waals surface area contributed by atoms with Crippen molar-refractivity contribution >= 4 is 28.2 Å². The maximum atomic E-state index is 13.5. The van der Waals surface area contributed by atoms with Gasteiger partial charge < -0.3 is 10.1 Å². The molecule has 1 aliphatic heterocycles. The Hall–Kier alpha value is -4.08. The van der Waals surface area contributed by atoms with Crippen LogP contribution in [0.2, 0.25) is 5.15 Å². The van der Waals surface area contributed by atoms with Crippen molar-refractivity contribution in [1.82, 2.24) is 29.3 Å². The Labute approximate surface area is 236 Å². The molecule has 0 amide bonds. The van der Waals surface area contributed by atoms with E-state index in [1.165, 1.54) is 0 Å². The summed E-state index contributed by atoms with van der Waals surface area (Å²) in [6.07, 6.45) is 4.53. The van der Waals surface area contributed by atoms with Crippen LogP contribution in [0.4, 0.5) is 5.69 Å². The van der Waals surface area contributed by atoms with Gasteiger partial charge in [0.2, 0.25) is 0 Å². The van der Waals surface area contributed by atoms with Crippen molar-refractivity contribution in [2.45, 2.75) is 45.4 Å². The topological polar surface area (TPSA) is 99.8 Å². The van der Waals surface area contributed by atoms with Crippen molar-refractivity contribution in [3.63, 3.8) is 0 Å². The molecular weight excluding hydrogens is 526 g/mol. The minimum atomic E-state index is -0.227. The highest BCUT2D eigenvalue weighted by molar-refractivity contribution is 6.29. The monoisotopic (exact) mass is 555 g/mol. The zero-order chi connectivity index (χ0) is 27.8. The second kappa shape index (κ2) is 10.8. The number of aryl methyl sites for hydroxylation is 1. The van der Waals surface area contributed by atoms with E-state index < -0.39 is 0 Å². The molecule has 1 N–H and O–H groups in total. The normalized spacial score (nSPS) is 16.2. The number of ether oxygens (including phenoxy) is 1. The number of hydrogen-bond donors (Lipinski definition) is 1. The third-order valence-corrected chi connectivity index (χ3v) is 7.55. The molecule has 5 aromatic rings. The van der Waals surface area contributed by atoms with Gasteiger partial charge in [-0.25, -0.2) is 9.97 Å². The third kappa shape index (κ3) is 4.87. The van der Waals surface area contributed by atoms with E-state index in [-0.39, 0.29) is 17.8 Å². The summed E-state index contributed by atoms with van der Waals surface area (Å²) in [6.45, 7) is 4.73.